The van der Waals surface area contributed by atoms with Crippen LogP contribution in [0.3, 0.4) is 0 Å². The third kappa shape index (κ3) is 3.07. The summed E-state index contributed by atoms with van der Waals surface area (Å²) in [5, 5.41) is 17.2. The van der Waals surface area contributed by atoms with Crippen molar-refractivity contribution in [1.29, 1.82) is 0 Å². The molecule has 1 saturated heterocycles. The van der Waals surface area contributed by atoms with Gasteiger partial charge in [-0.1, -0.05) is 6.92 Å². The van der Waals surface area contributed by atoms with Gasteiger partial charge in [-0.05, 0) is 19.3 Å². The number of hydrogen-bond donors (Lipinski definition) is 2. The van der Waals surface area contributed by atoms with Crippen molar-refractivity contribution in [3.05, 3.63) is 12.2 Å². The van der Waals surface area contributed by atoms with Gasteiger partial charge in [-0.15, -0.1) is 0 Å². The number of aliphatic hydroxyl groups is 1. The second kappa shape index (κ2) is 6.26. The van der Waals surface area contributed by atoms with Gasteiger partial charge < -0.3 is 15.2 Å². The van der Waals surface area contributed by atoms with E-state index >= 15 is 0 Å². The van der Waals surface area contributed by atoms with Crippen molar-refractivity contribution in [2.75, 3.05) is 19.8 Å². The fourth-order valence-corrected chi connectivity index (χ4v) is 2.24. The molecule has 1 fully saturated rings. The van der Waals surface area contributed by atoms with Gasteiger partial charge in [0, 0.05) is 25.3 Å². The maximum absolute atomic E-state index is 9.58. The first-order valence-electron chi connectivity index (χ1n) is 6.60. The van der Waals surface area contributed by atoms with Gasteiger partial charge >= 0.3 is 0 Å². The molecular weight excluding hydrogens is 232 g/mol. The fourth-order valence-electron chi connectivity index (χ4n) is 2.24. The van der Waals surface area contributed by atoms with Crippen LogP contribution in [-0.4, -0.2) is 45.2 Å². The lowest BCUT2D eigenvalue weighted by Gasteiger charge is -2.36. The van der Waals surface area contributed by atoms with Gasteiger partial charge in [0.1, 0.15) is 12.2 Å². The molecule has 0 bridgehead atoms. The maximum atomic E-state index is 9.58. The summed E-state index contributed by atoms with van der Waals surface area (Å²) >= 11 is 0. The predicted octanol–water partition coefficient (Wildman–Crippen LogP) is 0.319. The third-order valence-corrected chi connectivity index (χ3v) is 3.51. The predicted molar refractivity (Wildman–Crippen MR) is 67.0 cm³/mol. The lowest BCUT2D eigenvalue weighted by atomic mass is 9.91. The molecule has 1 aromatic heterocycles. The van der Waals surface area contributed by atoms with Crippen molar-refractivity contribution in [3.8, 4) is 0 Å². The third-order valence-electron chi connectivity index (χ3n) is 3.51. The summed E-state index contributed by atoms with van der Waals surface area (Å²) in [6.45, 7) is 5.18. The quantitative estimate of drug-likeness (QED) is 0.765. The molecular formula is C12H22N4O2. The summed E-state index contributed by atoms with van der Waals surface area (Å²) in [7, 11) is 0. The van der Waals surface area contributed by atoms with Gasteiger partial charge in [-0.2, -0.15) is 5.10 Å². The summed E-state index contributed by atoms with van der Waals surface area (Å²) in [4.78, 5) is 4.26. The molecule has 18 heavy (non-hydrogen) atoms. The zero-order chi connectivity index (χ0) is 12.8. The van der Waals surface area contributed by atoms with Crippen LogP contribution in [0.5, 0.6) is 0 Å². The standard InChI is InChI=1S/C12H22N4O2/c1-2-5-16-11(13-10-15-16)8-14-12(9-17)3-6-18-7-4-12/h10,14,17H,2-9H2,1H3. The first-order chi connectivity index (χ1) is 8.79. The Labute approximate surface area is 107 Å². The molecule has 2 N–H and O–H groups in total. The first kappa shape index (κ1) is 13.5. The molecule has 0 atom stereocenters. The van der Waals surface area contributed by atoms with Crippen LogP contribution in [0, 0.1) is 0 Å². The van der Waals surface area contributed by atoms with E-state index in [0.29, 0.717) is 19.8 Å². The fraction of sp³-hybridized carbons (Fsp3) is 0.833. The number of aryl methyl sites for hydroxylation is 1. The summed E-state index contributed by atoms with van der Waals surface area (Å²) in [6, 6.07) is 0. The minimum absolute atomic E-state index is 0.137. The van der Waals surface area contributed by atoms with Crippen molar-refractivity contribution in [2.24, 2.45) is 0 Å². The second-order valence-corrected chi connectivity index (χ2v) is 4.80. The number of hydrogen-bond acceptors (Lipinski definition) is 5. The molecule has 1 aliphatic heterocycles. The molecule has 2 rings (SSSR count). The second-order valence-electron chi connectivity index (χ2n) is 4.80. The Hall–Kier alpha value is -0.980. The van der Waals surface area contributed by atoms with Gasteiger partial charge in [0.05, 0.1) is 13.2 Å². The van der Waals surface area contributed by atoms with Crippen LogP contribution in [0.4, 0.5) is 0 Å². The van der Waals surface area contributed by atoms with E-state index in [9.17, 15) is 5.11 Å². The molecule has 2 heterocycles. The van der Waals surface area contributed by atoms with E-state index in [4.69, 9.17) is 4.74 Å². The number of aliphatic hydroxyl groups excluding tert-OH is 1. The minimum Gasteiger partial charge on any atom is -0.394 e. The Kier molecular flexibility index (Phi) is 4.68. The topological polar surface area (TPSA) is 72.2 Å². The Morgan fingerprint density at radius 3 is 2.94 bits per heavy atom. The number of nitrogens with zero attached hydrogens (tertiary/aromatic N) is 3. The first-order valence-corrected chi connectivity index (χ1v) is 6.60. The molecule has 0 aliphatic carbocycles. The van der Waals surface area contributed by atoms with E-state index in [1.807, 2.05) is 4.68 Å². The Morgan fingerprint density at radius 2 is 2.28 bits per heavy atom. The van der Waals surface area contributed by atoms with Gasteiger partial charge in [0.2, 0.25) is 0 Å². The van der Waals surface area contributed by atoms with E-state index in [-0.39, 0.29) is 12.1 Å². The average Bonchev–Trinajstić information content (AvgIpc) is 2.86. The van der Waals surface area contributed by atoms with Crippen LogP contribution in [0.2, 0.25) is 0 Å². The van der Waals surface area contributed by atoms with Crippen LogP contribution in [0.1, 0.15) is 32.0 Å². The number of nitrogens with one attached hydrogen (secondary N) is 1. The van der Waals surface area contributed by atoms with Crippen LogP contribution in [0.15, 0.2) is 6.33 Å². The Bertz CT molecular complexity index is 361. The number of rotatable bonds is 6. The highest BCUT2D eigenvalue weighted by Gasteiger charge is 2.31. The highest BCUT2D eigenvalue weighted by Crippen LogP contribution is 2.20. The zero-order valence-electron chi connectivity index (χ0n) is 10.9. The smallest absolute Gasteiger partial charge is 0.140 e. The summed E-state index contributed by atoms with van der Waals surface area (Å²) in [6.07, 6.45) is 4.30. The summed E-state index contributed by atoms with van der Waals surface area (Å²) < 4.78 is 7.26. The molecule has 0 radical (unpaired) electrons. The van der Waals surface area contributed by atoms with Crippen LogP contribution >= 0.6 is 0 Å². The van der Waals surface area contributed by atoms with Crippen LogP contribution < -0.4 is 5.32 Å². The van der Waals surface area contributed by atoms with Gasteiger partial charge in [0.15, 0.2) is 0 Å². The molecule has 1 aliphatic rings. The molecule has 0 unspecified atom stereocenters. The zero-order valence-corrected chi connectivity index (χ0v) is 10.9. The molecule has 6 heteroatoms. The normalized spacial score (nSPS) is 19.0. The van der Waals surface area contributed by atoms with Gasteiger partial charge in [-0.3, -0.25) is 0 Å². The van der Waals surface area contributed by atoms with Crippen molar-refractivity contribution in [3.63, 3.8) is 0 Å². The molecule has 0 amide bonds. The summed E-state index contributed by atoms with van der Waals surface area (Å²) in [5.74, 6) is 0.927. The molecule has 1 aromatic rings. The molecule has 102 valence electrons. The number of aromatic nitrogens is 3. The van der Waals surface area contributed by atoms with Crippen molar-refractivity contribution in [1.82, 2.24) is 20.1 Å². The minimum atomic E-state index is -0.221. The van der Waals surface area contributed by atoms with E-state index in [1.165, 1.54) is 0 Å². The monoisotopic (exact) mass is 254 g/mol. The SMILES string of the molecule is CCCn1ncnc1CNC1(CO)CCOCC1. The molecule has 0 saturated carbocycles. The van der Waals surface area contributed by atoms with Crippen molar-refractivity contribution < 1.29 is 9.84 Å². The van der Waals surface area contributed by atoms with E-state index < -0.39 is 0 Å². The Morgan fingerprint density at radius 1 is 1.50 bits per heavy atom. The lowest BCUT2D eigenvalue weighted by Crippen LogP contribution is -2.52. The van der Waals surface area contributed by atoms with E-state index in [1.54, 1.807) is 6.33 Å². The van der Waals surface area contributed by atoms with Crippen molar-refractivity contribution >= 4 is 0 Å². The van der Waals surface area contributed by atoms with Crippen LogP contribution in [-0.2, 0) is 17.8 Å². The average molecular weight is 254 g/mol. The highest BCUT2D eigenvalue weighted by molar-refractivity contribution is 4.93. The lowest BCUT2D eigenvalue weighted by molar-refractivity contribution is 0.0107. The summed E-state index contributed by atoms with van der Waals surface area (Å²) in [5.41, 5.74) is -0.221. The molecule has 0 spiro atoms. The largest absolute Gasteiger partial charge is 0.394 e. The van der Waals surface area contributed by atoms with Gasteiger partial charge in [-0.25, -0.2) is 9.67 Å². The van der Waals surface area contributed by atoms with Gasteiger partial charge in [0.25, 0.3) is 0 Å². The number of ether oxygens (including phenoxy) is 1. The van der Waals surface area contributed by atoms with E-state index in [0.717, 1.165) is 31.6 Å². The molecule has 0 aromatic carbocycles. The van der Waals surface area contributed by atoms with Crippen LogP contribution in [0.25, 0.3) is 0 Å². The molecule has 6 nitrogen and oxygen atoms in total. The maximum Gasteiger partial charge on any atom is 0.140 e. The van der Waals surface area contributed by atoms with E-state index in [2.05, 4.69) is 22.3 Å². The highest BCUT2D eigenvalue weighted by atomic mass is 16.5. The Balaban J connectivity index is 1.94. The van der Waals surface area contributed by atoms with Crippen molar-refractivity contribution in [2.45, 2.75) is 44.8 Å².